The molecule has 4 rings (SSSR count). The first-order chi connectivity index (χ1) is 17.1. The van der Waals surface area contributed by atoms with Crippen molar-refractivity contribution in [2.24, 2.45) is 5.92 Å². The highest BCUT2D eigenvalue weighted by atomic mass is 35.5. The van der Waals surface area contributed by atoms with Crippen LogP contribution in [-0.4, -0.2) is 33.1 Å². The van der Waals surface area contributed by atoms with E-state index in [1.165, 1.54) is 0 Å². The number of carbonyl (C=O) groups is 1. The fourth-order valence-electron chi connectivity index (χ4n) is 4.67. The Balaban J connectivity index is 1.60. The Morgan fingerprint density at radius 1 is 1.00 bits per heavy atom. The van der Waals surface area contributed by atoms with Gasteiger partial charge in [0.15, 0.2) is 0 Å². The molecule has 2 N–H and O–H groups in total. The number of piperidine rings is 1. The van der Waals surface area contributed by atoms with Crippen molar-refractivity contribution in [1.29, 1.82) is 0 Å². The molecule has 0 spiro atoms. The highest BCUT2D eigenvalue weighted by molar-refractivity contribution is 7.84. The van der Waals surface area contributed by atoms with Crippen molar-refractivity contribution < 1.29 is 14.1 Å². The lowest BCUT2D eigenvalue weighted by Crippen LogP contribution is -2.42. The largest absolute Gasteiger partial charge is 0.478 e. The van der Waals surface area contributed by atoms with Crippen molar-refractivity contribution in [3.8, 4) is 11.1 Å². The zero-order valence-electron chi connectivity index (χ0n) is 20.9. The monoisotopic (exact) mass is 524 g/mol. The summed E-state index contributed by atoms with van der Waals surface area (Å²) >= 11 is 6.14. The van der Waals surface area contributed by atoms with Crippen molar-refractivity contribution in [3.05, 3.63) is 88.9 Å². The molecular weight excluding hydrogens is 492 g/mol. The minimum absolute atomic E-state index is 0.0755. The van der Waals surface area contributed by atoms with E-state index in [9.17, 15) is 14.1 Å². The maximum absolute atomic E-state index is 13.3. The third-order valence-corrected chi connectivity index (χ3v) is 8.56. The Bertz CT molecular complexity index is 1210. The summed E-state index contributed by atoms with van der Waals surface area (Å²) < 4.78 is 16.4. The van der Waals surface area contributed by atoms with Gasteiger partial charge in [0.25, 0.3) is 0 Å². The summed E-state index contributed by atoms with van der Waals surface area (Å²) in [5.74, 6) is -0.625. The number of hydrogen-bond donors (Lipinski definition) is 2. The maximum Gasteiger partial charge on any atom is 0.335 e. The number of aromatic carboxylic acids is 1. The van der Waals surface area contributed by atoms with Gasteiger partial charge >= 0.3 is 5.97 Å². The molecule has 1 fully saturated rings. The SMILES string of the molecule is CC(C)(C)S(=O)N[C@@H](c1ccccc1-c1ccc(Cl)cc1)C1CCN(c2ccc(C(=O)O)cc2)CC1. The normalized spacial score (nSPS) is 16.5. The van der Waals surface area contributed by atoms with Crippen LogP contribution in [0.5, 0.6) is 0 Å². The molecule has 0 aromatic heterocycles. The predicted octanol–water partition coefficient (Wildman–Crippen LogP) is 6.71. The van der Waals surface area contributed by atoms with Gasteiger partial charge in [-0.15, -0.1) is 0 Å². The minimum Gasteiger partial charge on any atom is -0.478 e. The van der Waals surface area contributed by atoms with Gasteiger partial charge < -0.3 is 10.0 Å². The van der Waals surface area contributed by atoms with Crippen LogP contribution in [0.2, 0.25) is 5.02 Å². The van der Waals surface area contributed by atoms with E-state index >= 15 is 0 Å². The number of carboxylic acid groups (broad SMARTS) is 1. The quantitative estimate of drug-likeness (QED) is 0.360. The van der Waals surface area contributed by atoms with Crippen LogP contribution in [0.15, 0.2) is 72.8 Å². The smallest absolute Gasteiger partial charge is 0.335 e. The van der Waals surface area contributed by atoms with E-state index in [4.69, 9.17) is 11.6 Å². The standard InChI is InChI=1S/C29H33ClN2O3S/c1-29(2,3)36(35)31-27(26-7-5-4-6-25(26)20-8-12-23(30)13-9-20)21-16-18-32(19-17-21)24-14-10-22(11-15-24)28(33)34/h4-15,21,27,31H,16-19H2,1-3H3,(H,33,34)/t27-,36?/m1/s1. The van der Waals surface area contributed by atoms with Crippen LogP contribution in [0.1, 0.15) is 55.6 Å². The lowest BCUT2D eigenvalue weighted by molar-refractivity contribution is 0.0697. The molecule has 7 heteroatoms. The molecule has 36 heavy (non-hydrogen) atoms. The molecule has 3 aromatic rings. The molecule has 1 unspecified atom stereocenters. The van der Waals surface area contributed by atoms with Crippen LogP contribution < -0.4 is 9.62 Å². The van der Waals surface area contributed by atoms with Crippen LogP contribution >= 0.6 is 11.6 Å². The number of nitrogens with one attached hydrogen (secondary N) is 1. The van der Waals surface area contributed by atoms with Gasteiger partial charge in [0, 0.05) is 29.8 Å². The first kappa shape index (κ1) is 26.4. The summed E-state index contributed by atoms with van der Waals surface area (Å²) in [6, 6.07) is 23.2. The summed E-state index contributed by atoms with van der Waals surface area (Å²) in [6.07, 6.45) is 1.85. The molecule has 0 saturated carbocycles. The van der Waals surface area contributed by atoms with E-state index in [0.29, 0.717) is 16.5 Å². The van der Waals surface area contributed by atoms with Gasteiger partial charge in [0.05, 0.1) is 21.3 Å². The fraction of sp³-hybridized carbons (Fsp3) is 0.345. The van der Waals surface area contributed by atoms with E-state index in [2.05, 4.69) is 21.8 Å². The molecule has 1 aliphatic heterocycles. The zero-order valence-corrected chi connectivity index (χ0v) is 22.5. The zero-order chi connectivity index (χ0) is 25.9. The Morgan fingerprint density at radius 2 is 1.61 bits per heavy atom. The molecule has 1 saturated heterocycles. The fourth-order valence-corrected chi connectivity index (χ4v) is 5.70. The van der Waals surface area contributed by atoms with E-state index in [1.54, 1.807) is 12.1 Å². The highest BCUT2D eigenvalue weighted by Gasteiger charge is 2.33. The van der Waals surface area contributed by atoms with E-state index in [0.717, 1.165) is 48.3 Å². The number of anilines is 1. The van der Waals surface area contributed by atoms with Crippen molar-refractivity contribution in [2.75, 3.05) is 18.0 Å². The average molecular weight is 525 g/mol. The van der Waals surface area contributed by atoms with Gasteiger partial charge in [-0.05, 0) is 92.6 Å². The van der Waals surface area contributed by atoms with Gasteiger partial charge in [-0.3, -0.25) is 0 Å². The van der Waals surface area contributed by atoms with Gasteiger partial charge in [-0.2, -0.15) is 0 Å². The molecule has 1 heterocycles. The number of halogens is 1. The third kappa shape index (κ3) is 6.17. The molecule has 3 aromatic carbocycles. The first-order valence-corrected chi connectivity index (χ1v) is 13.8. The number of carboxylic acids is 1. The Morgan fingerprint density at radius 3 is 2.19 bits per heavy atom. The summed E-state index contributed by atoms with van der Waals surface area (Å²) in [6.45, 7) is 7.66. The van der Waals surface area contributed by atoms with Crippen LogP contribution in [-0.2, 0) is 11.0 Å². The van der Waals surface area contributed by atoms with Crippen LogP contribution in [0.4, 0.5) is 5.69 Å². The van der Waals surface area contributed by atoms with Crippen molar-refractivity contribution in [1.82, 2.24) is 4.72 Å². The lowest BCUT2D eigenvalue weighted by atomic mass is 9.83. The second-order valence-electron chi connectivity index (χ2n) is 10.2. The molecule has 1 aliphatic rings. The molecule has 0 radical (unpaired) electrons. The van der Waals surface area contributed by atoms with Gasteiger partial charge in [0.2, 0.25) is 0 Å². The van der Waals surface area contributed by atoms with Crippen LogP contribution in [0.25, 0.3) is 11.1 Å². The molecule has 5 nitrogen and oxygen atoms in total. The Labute approximate surface area is 221 Å². The van der Waals surface area contributed by atoms with E-state index in [1.807, 2.05) is 69.3 Å². The molecule has 2 atom stereocenters. The van der Waals surface area contributed by atoms with Gasteiger partial charge in [0.1, 0.15) is 0 Å². The highest BCUT2D eigenvalue weighted by Crippen LogP contribution is 2.38. The summed E-state index contributed by atoms with van der Waals surface area (Å²) in [7, 11) is -1.23. The first-order valence-electron chi connectivity index (χ1n) is 12.2. The van der Waals surface area contributed by atoms with Crippen molar-refractivity contribution in [3.63, 3.8) is 0 Å². The third-order valence-electron chi connectivity index (χ3n) is 6.73. The van der Waals surface area contributed by atoms with Crippen LogP contribution in [0, 0.1) is 5.92 Å². The lowest BCUT2D eigenvalue weighted by Gasteiger charge is -2.39. The summed E-state index contributed by atoms with van der Waals surface area (Å²) in [5, 5.41) is 9.88. The molecular formula is C29H33ClN2O3S. The van der Waals surface area contributed by atoms with Crippen molar-refractivity contribution in [2.45, 2.75) is 44.4 Å². The average Bonchev–Trinajstić information content (AvgIpc) is 2.87. The van der Waals surface area contributed by atoms with Gasteiger partial charge in [-0.1, -0.05) is 48.0 Å². The second-order valence-corrected chi connectivity index (χ2v) is 12.7. The summed E-state index contributed by atoms with van der Waals surface area (Å²) in [4.78, 5) is 13.5. The number of rotatable bonds is 7. The molecule has 0 aliphatic carbocycles. The molecule has 190 valence electrons. The maximum atomic E-state index is 13.3. The van der Waals surface area contributed by atoms with Crippen LogP contribution in [0.3, 0.4) is 0 Å². The number of hydrogen-bond acceptors (Lipinski definition) is 3. The van der Waals surface area contributed by atoms with Gasteiger partial charge in [-0.25, -0.2) is 13.7 Å². The van der Waals surface area contributed by atoms with Crippen molar-refractivity contribution >= 4 is 34.2 Å². The van der Waals surface area contributed by atoms with E-state index in [-0.39, 0.29) is 10.8 Å². The van der Waals surface area contributed by atoms with E-state index < -0.39 is 17.0 Å². The topological polar surface area (TPSA) is 69.6 Å². The predicted molar refractivity (Wildman–Crippen MR) is 149 cm³/mol. The Kier molecular flexibility index (Phi) is 8.18. The Hall–Kier alpha value is -2.67. The second kappa shape index (κ2) is 11.2. The number of nitrogens with zero attached hydrogens (tertiary/aromatic N) is 1. The number of benzene rings is 3. The molecule has 0 amide bonds. The minimum atomic E-state index is -1.23. The summed E-state index contributed by atoms with van der Waals surface area (Å²) in [5.41, 5.74) is 4.66. The molecule has 0 bridgehead atoms.